The van der Waals surface area contributed by atoms with Gasteiger partial charge in [0.15, 0.2) is 11.5 Å². The minimum absolute atomic E-state index is 0. The van der Waals surface area contributed by atoms with Gasteiger partial charge in [-0.3, -0.25) is 4.79 Å². The number of hydrogen-bond acceptors (Lipinski definition) is 6. The Balaban J connectivity index is 0.00000364. The first-order valence-electron chi connectivity index (χ1n) is 8.07. The van der Waals surface area contributed by atoms with Crippen molar-refractivity contribution in [3.63, 3.8) is 0 Å². The van der Waals surface area contributed by atoms with Crippen LogP contribution in [0, 0.1) is 0 Å². The van der Waals surface area contributed by atoms with Crippen molar-refractivity contribution in [3.05, 3.63) is 59.7 Å². The van der Waals surface area contributed by atoms with Gasteiger partial charge < -0.3 is 25.8 Å². The summed E-state index contributed by atoms with van der Waals surface area (Å²) in [4.78, 5) is 23.4. The van der Waals surface area contributed by atoms with E-state index in [9.17, 15) is 24.9 Å². The lowest BCUT2D eigenvalue weighted by Gasteiger charge is -2.25. The van der Waals surface area contributed by atoms with Crippen molar-refractivity contribution in [2.75, 3.05) is 6.61 Å². The number of benzene rings is 2. The van der Waals surface area contributed by atoms with Crippen LogP contribution in [0.4, 0.5) is 0 Å². The number of phenolic OH excluding ortho intramolecular Hbond substituents is 2. The summed E-state index contributed by atoms with van der Waals surface area (Å²) < 4.78 is 5.13. The van der Waals surface area contributed by atoms with Crippen molar-refractivity contribution in [1.29, 1.82) is 0 Å². The second kappa shape index (κ2) is 9.80. The molecule has 7 nitrogen and oxygen atoms in total. The number of carboxylic acid groups (broad SMARTS) is 1. The molecule has 0 saturated heterocycles. The molecule has 2 aromatic rings. The van der Waals surface area contributed by atoms with Crippen LogP contribution in [0.2, 0.25) is 0 Å². The van der Waals surface area contributed by atoms with E-state index in [1.54, 1.807) is 30.3 Å². The molecular weight excluding hydrogens is 374 g/mol. The van der Waals surface area contributed by atoms with Crippen LogP contribution in [0.5, 0.6) is 11.5 Å². The smallest absolute Gasteiger partial charge is 0.338 e. The molecule has 2 rings (SSSR count). The molecule has 0 radical (unpaired) electrons. The molecule has 2 aromatic carbocycles. The average Bonchev–Trinajstić information content (AvgIpc) is 2.62. The van der Waals surface area contributed by atoms with Crippen LogP contribution >= 0.6 is 12.4 Å². The Morgan fingerprint density at radius 2 is 1.70 bits per heavy atom. The van der Waals surface area contributed by atoms with E-state index in [0.29, 0.717) is 11.1 Å². The summed E-state index contributed by atoms with van der Waals surface area (Å²) in [7, 11) is 0. The van der Waals surface area contributed by atoms with Crippen molar-refractivity contribution < 1.29 is 29.6 Å². The highest BCUT2D eigenvalue weighted by molar-refractivity contribution is 5.89. The van der Waals surface area contributed by atoms with Gasteiger partial charge >= 0.3 is 11.9 Å². The standard InChI is InChI=1S/C19H21NO6.ClH/c20-19(18(24)25,12-13-7-8-15(21)16(22)11-13)9-4-10-26-17(23)14-5-2-1-3-6-14;/h1-3,5-8,11,21-22H,4,9-10,12,20H2,(H,24,25);1H/t19-;/m0./s1. The number of aromatic hydroxyl groups is 2. The highest BCUT2D eigenvalue weighted by Crippen LogP contribution is 2.27. The Morgan fingerprint density at radius 3 is 2.30 bits per heavy atom. The maximum absolute atomic E-state index is 11.8. The van der Waals surface area contributed by atoms with E-state index in [-0.39, 0.29) is 49.8 Å². The second-order valence-corrected chi connectivity index (χ2v) is 6.07. The number of carbonyl (C=O) groups is 2. The SMILES string of the molecule is Cl.N[C@@](CCCOC(=O)c1ccccc1)(Cc1ccc(O)c(O)c1)C(=O)O. The number of aliphatic carboxylic acids is 1. The minimum Gasteiger partial charge on any atom is -0.504 e. The van der Waals surface area contributed by atoms with Crippen LogP contribution in [-0.4, -0.2) is 39.4 Å². The molecule has 0 aliphatic heterocycles. The van der Waals surface area contributed by atoms with Crippen LogP contribution in [0.25, 0.3) is 0 Å². The molecule has 0 aliphatic carbocycles. The first-order chi connectivity index (χ1) is 12.3. The van der Waals surface area contributed by atoms with Crippen LogP contribution in [0.15, 0.2) is 48.5 Å². The lowest BCUT2D eigenvalue weighted by Crippen LogP contribution is -2.50. The van der Waals surface area contributed by atoms with Crippen LogP contribution in [0.3, 0.4) is 0 Å². The number of ether oxygens (including phenoxy) is 1. The monoisotopic (exact) mass is 395 g/mol. The van der Waals surface area contributed by atoms with E-state index in [1.807, 2.05) is 0 Å². The molecule has 0 spiro atoms. The van der Waals surface area contributed by atoms with E-state index < -0.39 is 17.5 Å². The third-order valence-electron chi connectivity index (χ3n) is 4.00. The summed E-state index contributed by atoms with van der Waals surface area (Å²) in [6, 6.07) is 12.5. The number of nitrogens with two attached hydrogens (primary N) is 1. The molecule has 0 amide bonds. The number of carbonyl (C=O) groups excluding carboxylic acids is 1. The second-order valence-electron chi connectivity index (χ2n) is 6.07. The number of halogens is 1. The Labute approximate surface area is 162 Å². The fourth-order valence-corrected chi connectivity index (χ4v) is 2.52. The maximum atomic E-state index is 11.8. The van der Waals surface area contributed by atoms with Crippen molar-refractivity contribution in [2.24, 2.45) is 5.73 Å². The number of phenols is 2. The summed E-state index contributed by atoms with van der Waals surface area (Å²) in [5.74, 6) is -2.31. The predicted octanol–water partition coefficient (Wildman–Crippen LogP) is 2.48. The lowest BCUT2D eigenvalue weighted by atomic mass is 9.87. The highest BCUT2D eigenvalue weighted by Gasteiger charge is 2.34. The van der Waals surface area contributed by atoms with Gasteiger partial charge in [-0.15, -0.1) is 12.4 Å². The van der Waals surface area contributed by atoms with Gasteiger partial charge in [0.1, 0.15) is 5.54 Å². The van der Waals surface area contributed by atoms with E-state index >= 15 is 0 Å². The fraction of sp³-hybridized carbons (Fsp3) is 0.263. The van der Waals surface area contributed by atoms with Gasteiger partial charge in [0, 0.05) is 6.42 Å². The summed E-state index contributed by atoms with van der Waals surface area (Å²) in [5.41, 5.74) is 5.32. The first kappa shape index (κ1) is 22.3. The Morgan fingerprint density at radius 1 is 1.04 bits per heavy atom. The molecule has 0 heterocycles. The predicted molar refractivity (Wildman–Crippen MR) is 101 cm³/mol. The lowest BCUT2D eigenvalue weighted by molar-refractivity contribution is -0.143. The third-order valence-corrected chi connectivity index (χ3v) is 4.00. The van der Waals surface area contributed by atoms with Gasteiger partial charge in [0.05, 0.1) is 12.2 Å². The maximum Gasteiger partial charge on any atom is 0.338 e. The molecule has 0 aliphatic rings. The van der Waals surface area contributed by atoms with Crippen molar-refractivity contribution in [2.45, 2.75) is 24.8 Å². The van der Waals surface area contributed by atoms with Gasteiger partial charge in [-0.25, -0.2) is 4.79 Å². The topological polar surface area (TPSA) is 130 Å². The summed E-state index contributed by atoms with van der Waals surface area (Å²) in [6.45, 7) is 0.0424. The van der Waals surface area contributed by atoms with Gasteiger partial charge in [-0.1, -0.05) is 24.3 Å². The minimum atomic E-state index is -1.58. The quantitative estimate of drug-likeness (QED) is 0.307. The van der Waals surface area contributed by atoms with Crippen molar-refractivity contribution in [1.82, 2.24) is 0 Å². The molecule has 8 heteroatoms. The molecule has 1 atom stereocenters. The van der Waals surface area contributed by atoms with Gasteiger partial charge in [0.2, 0.25) is 0 Å². The molecule has 27 heavy (non-hydrogen) atoms. The van der Waals surface area contributed by atoms with Gasteiger partial charge in [-0.05, 0) is 42.7 Å². The van der Waals surface area contributed by atoms with Crippen molar-refractivity contribution in [3.8, 4) is 11.5 Å². The molecular formula is C19H22ClNO6. The Hall–Kier alpha value is -2.77. The Bertz CT molecular complexity index is 783. The molecule has 0 aromatic heterocycles. The van der Waals surface area contributed by atoms with E-state index in [0.717, 1.165) is 0 Å². The summed E-state index contributed by atoms with van der Waals surface area (Å²) in [6.07, 6.45) is 0.306. The average molecular weight is 396 g/mol. The molecule has 146 valence electrons. The number of rotatable bonds is 8. The first-order valence-corrected chi connectivity index (χ1v) is 8.07. The molecule has 0 bridgehead atoms. The molecule has 0 unspecified atom stereocenters. The van der Waals surface area contributed by atoms with Gasteiger partial charge in [-0.2, -0.15) is 0 Å². The van der Waals surface area contributed by atoms with Crippen LogP contribution in [0.1, 0.15) is 28.8 Å². The van der Waals surface area contributed by atoms with E-state index in [1.165, 1.54) is 18.2 Å². The number of hydrogen-bond donors (Lipinski definition) is 4. The normalized spacial score (nSPS) is 12.5. The zero-order chi connectivity index (χ0) is 19.2. The highest BCUT2D eigenvalue weighted by atomic mass is 35.5. The summed E-state index contributed by atoms with van der Waals surface area (Å²) in [5, 5.41) is 28.3. The Kier molecular flexibility index (Phi) is 8.08. The largest absolute Gasteiger partial charge is 0.504 e. The number of carboxylic acids is 1. The molecule has 0 fully saturated rings. The fourth-order valence-electron chi connectivity index (χ4n) is 2.52. The molecule has 0 saturated carbocycles. The zero-order valence-corrected chi connectivity index (χ0v) is 15.3. The van der Waals surface area contributed by atoms with Crippen molar-refractivity contribution >= 4 is 24.3 Å². The third kappa shape index (κ3) is 6.16. The zero-order valence-electron chi connectivity index (χ0n) is 14.5. The molecule has 5 N–H and O–H groups in total. The number of esters is 1. The van der Waals surface area contributed by atoms with Gasteiger partial charge in [0.25, 0.3) is 0 Å². The van der Waals surface area contributed by atoms with Crippen LogP contribution < -0.4 is 5.73 Å². The van der Waals surface area contributed by atoms with E-state index in [4.69, 9.17) is 10.5 Å². The van der Waals surface area contributed by atoms with E-state index in [2.05, 4.69) is 0 Å². The summed E-state index contributed by atoms with van der Waals surface area (Å²) >= 11 is 0. The van der Waals surface area contributed by atoms with Crippen LogP contribution in [-0.2, 0) is 16.0 Å².